The largest absolute Gasteiger partial charge is 0.486 e. The quantitative estimate of drug-likeness (QED) is 0.770. The second kappa shape index (κ2) is 7.95. The lowest BCUT2D eigenvalue weighted by Gasteiger charge is -2.35. The predicted octanol–water partition coefficient (Wildman–Crippen LogP) is 3.13. The first kappa shape index (κ1) is 19.4. The second-order valence-electron chi connectivity index (χ2n) is 8.89. The summed E-state index contributed by atoms with van der Waals surface area (Å²) in [5.74, 6) is 3.66. The van der Waals surface area contributed by atoms with E-state index < -0.39 is 0 Å². The summed E-state index contributed by atoms with van der Waals surface area (Å²) in [6, 6.07) is 8.27. The summed E-state index contributed by atoms with van der Waals surface area (Å²) in [6.07, 6.45) is 3.33. The van der Waals surface area contributed by atoms with Crippen LogP contribution in [0, 0.1) is 18.8 Å². The molecule has 2 aliphatic heterocycles. The molecule has 1 aromatic heterocycles. The first-order valence-corrected chi connectivity index (χ1v) is 10.9. The minimum atomic E-state index is -0.0383. The Kier molecular flexibility index (Phi) is 5.15. The van der Waals surface area contributed by atoms with Crippen molar-refractivity contribution < 1.29 is 18.8 Å². The summed E-state index contributed by atoms with van der Waals surface area (Å²) in [5, 5.41) is 3.89. The number of hydrogen-bond acceptors (Lipinski definition) is 6. The number of rotatable bonds is 4. The van der Waals surface area contributed by atoms with Crippen LogP contribution in [0.25, 0.3) is 0 Å². The van der Waals surface area contributed by atoms with Crippen LogP contribution >= 0.6 is 0 Å². The number of ether oxygens (including phenoxy) is 2. The Hall–Kier alpha value is -2.54. The minimum absolute atomic E-state index is 0.0383. The van der Waals surface area contributed by atoms with Crippen LogP contribution < -0.4 is 9.47 Å². The predicted molar refractivity (Wildman–Crippen MR) is 111 cm³/mol. The molecule has 5 rings (SSSR count). The van der Waals surface area contributed by atoms with Gasteiger partial charge in [0.25, 0.3) is 5.91 Å². The molecule has 0 spiro atoms. The van der Waals surface area contributed by atoms with E-state index in [1.165, 1.54) is 12.0 Å². The standard InChI is InChI=1S/C23H29N3O4/c1-15-9-20(24-30-15)23(27)25(2)19-11-17-5-6-26(14-18(17)12-19)13-16-3-4-21-22(10-16)29-8-7-28-21/h3-4,9-10,17-19H,5-8,11-14H2,1-2H3/t17-,18-,19+/m1/s1. The number of hydrogen-bond donors (Lipinski definition) is 0. The molecule has 0 unspecified atom stereocenters. The number of carbonyl (C=O) groups is 1. The van der Waals surface area contributed by atoms with Gasteiger partial charge in [0.1, 0.15) is 19.0 Å². The zero-order valence-electron chi connectivity index (χ0n) is 17.7. The second-order valence-corrected chi connectivity index (χ2v) is 8.89. The molecule has 1 amide bonds. The zero-order chi connectivity index (χ0) is 20.7. The molecule has 0 N–H and O–H groups in total. The SMILES string of the molecule is Cc1cc(C(=O)N(C)[C@H]2C[C@H]3CCN(Cc4ccc5c(c4)OCCO5)C[C@H]3C2)no1. The van der Waals surface area contributed by atoms with Crippen molar-refractivity contribution in [3.8, 4) is 11.5 Å². The topological polar surface area (TPSA) is 68.0 Å². The Morgan fingerprint density at radius 3 is 2.77 bits per heavy atom. The summed E-state index contributed by atoms with van der Waals surface area (Å²) < 4.78 is 16.4. The summed E-state index contributed by atoms with van der Waals surface area (Å²) in [5.41, 5.74) is 1.67. The Morgan fingerprint density at radius 2 is 1.97 bits per heavy atom. The van der Waals surface area contributed by atoms with Crippen LogP contribution in [0.5, 0.6) is 11.5 Å². The lowest BCUT2D eigenvalue weighted by atomic mass is 9.88. The van der Waals surface area contributed by atoms with Crippen LogP contribution in [0.15, 0.2) is 28.8 Å². The van der Waals surface area contributed by atoms with E-state index in [0.717, 1.165) is 44.0 Å². The number of piperidine rings is 1. The fraction of sp³-hybridized carbons (Fsp3) is 0.565. The Balaban J connectivity index is 1.19. The number of benzene rings is 1. The van der Waals surface area contributed by atoms with Crippen molar-refractivity contribution in [2.75, 3.05) is 33.4 Å². The van der Waals surface area contributed by atoms with Crippen LogP contribution in [0.1, 0.15) is 41.1 Å². The molecule has 160 valence electrons. The molecule has 3 heterocycles. The highest BCUT2D eigenvalue weighted by Crippen LogP contribution is 2.41. The molecule has 3 atom stereocenters. The molecule has 2 aromatic rings. The normalized spacial score (nSPS) is 25.7. The first-order chi connectivity index (χ1) is 14.6. The van der Waals surface area contributed by atoms with Crippen molar-refractivity contribution in [2.45, 2.75) is 38.8 Å². The maximum atomic E-state index is 12.7. The van der Waals surface area contributed by atoms with E-state index in [2.05, 4.69) is 22.2 Å². The van der Waals surface area contributed by atoms with Gasteiger partial charge in [0, 0.05) is 32.2 Å². The number of nitrogens with zero attached hydrogens (tertiary/aromatic N) is 3. The molecule has 1 aliphatic carbocycles. The first-order valence-electron chi connectivity index (χ1n) is 10.9. The lowest BCUT2D eigenvalue weighted by Crippen LogP contribution is -2.38. The number of aromatic nitrogens is 1. The average molecular weight is 412 g/mol. The summed E-state index contributed by atoms with van der Waals surface area (Å²) in [7, 11) is 1.90. The molecule has 1 saturated heterocycles. The fourth-order valence-electron chi connectivity index (χ4n) is 5.25. The van der Waals surface area contributed by atoms with Crippen LogP contribution in [0.4, 0.5) is 0 Å². The van der Waals surface area contributed by atoms with Gasteiger partial charge < -0.3 is 18.9 Å². The van der Waals surface area contributed by atoms with E-state index in [-0.39, 0.29) is 11.9 Å². The van der Waals surface area contributed by atoms with Gasteiger partial charge in [-0.3, -0.25) is 9.69 Å². The maximum absolute atomic E-state index is 12.7. The van der Waals surface area contributed by atoms with Crippen molar-refractivity contribution in [1.29, 1.82) is 0 Å². The van der Waals surface area contributed by atoms with Crippen molar-refractivity contribution in [2.24, 2.45) is 11.8 Å². The molecule has 1 aromatic carbocycles. The third kappa shape index (κ3) is 3.78. The van der Waals surface area contributed by atoms with Gasteiger partial charge in [-0.25, -0.2) is 0 Å². The Morgan fingerprint density at radius 1 is 1.17 bits per heavy atom. The van der Waals surface area contributed by atoms with Crippen LogP contribution in [-0.2, 0) is 6.54 Å². The van der Waals surface area contributed by atoms with E-state index in [4.69, 9.17) is 14.0 Å². The molecule has 7 heteroatoms. The van der Waals surface area contributed by atoms with Crippen LogP contribution in [0.3, 0.4) is 0 Å². The number of amides is 1. The summed E-state index contributed by atoms with van der Waals surface area (Å²) >= 11 is 0. The van der Waals surface area contributed by atoms with Crippen molar-refractivity contribution in [3.63, 3.8) is 0 Å². The monoisotopic (exact) mass is 411 g/mol. The highest BCUT2D eigenvalue weighted by molar-refractivity contribution is 5.92. The van der Waals surface area contributed by atoms with Gasteiger partial charge in [0.05, 0.1) is 0 Å². The van der Waals surface area contributed by atoms with Gasteiger partial charge in [-0.2, -0.15) is 0 Å². The summed E-state index contributed by atoms with van der Waals surface area (Å²) in [4.78, 5) is 17.2. The number of fused-ring (bicyclic) bond motifs is 2. The van der Waals surface area contributed by atoms with Gasteiger partial charge in [-0.15, -0.1) is 0 Å². The molecule has 0 bridgehead atoms. The fourth-order valence-corrected chi connectivity index (χ4v) is 5.25. The van der Waals surface area contributed by atoms with E-state index in [1.807, 2.05) is 24.9 Å². The lowest BCUT2D eigenvalue weighted by molar-refractivity contribution is 0.0720. The van der Waals surface area contributed by atoms with Crippen molar-refractivity contribution in [1.82, 2.24) is 15.0 Å². The highest BCUT2D eigenvalue weighted by atomic mass is 16.6. The van der Waals surface area contributed by atoms with Crippen molar-refractivity contribution >= 4 is 5.91 Å². The Bertz CT molecular complexity index is 927. The molecular weight excluding hydrogens is 382 g/mol. The van der Waals surface area contributed by atoms with Gasteiger partial charge >= 0.3 is 0 Å². The number of aryl methyl sites for hydroxylation is 1. The van der Waals surface area contributed by atoms with E-state index in [0.29, 0.717) is 36.5 Å². The molecule has 0 radical (unpaired) electrons. The molecule has 2 fully saturated rings. The van der Waals surface area contributed by atoms with Gasteiger partial charge in [-0.05, 0) is 62.3 Å². The molecule has 1 saturated carbocycles. The average Bonchev–Trinajstić information content (AvgIpc) is 3.38. The maximum Gasteiger partial charge on any atom is 0.276 e. The minimum Gasteiger partial charge on any atom is -0.486 e. The van der Waals surface area contributed by atoms with Gasteiger partial charge in [0.15, 0.2) is 17.2 Å². The van der Waals surface area contributed by atoms with E-state index in [1.54, 1.807) is 6.07 Å². The Labute approximate surface area is 176 Å². The zero-order valence-corrected chi connectivity index (χ0v) is 17.7. The molecule has 30 heavy (non-hydrogen) atoms. The molecule has 3 aliphatic rings. The van der Waals surface area contributed by atoms with Crippen LogP contribution in [-0.4, -0.2) is 60.3 Å². The van der Waals surface area contributed by atoms with Gasteiger partial charge in [0.2, 0.25) is 0 Å². The van der Waals surface area contributed by atoms with Gasteiger partial charge in [-0.1, -0.05) is 11.2 Å². The number of carbonyl (C=O) groups excluding carboxylic acids is 1. The van der Waals surface area contributed by atoms with Crippen LogP contribution in [0.2, 0.25) is 0 Å². The van der Waals surface area contributed by atoms with Crippen molar-refractivity contribution in [3.05, 3.63) is 41.3 Å². The third-order valence-electron chi connectivity index (χ3n) is 6.85. The van der Waals surface area contributed by atoms with E-state index in [9.17, 15) is 4.79 Å². The molecular formula is C23H29N3O4. The van der Waals surface area contributed by atoms with E-state index >= 15 is 0 Å². The highest BCUT2D eigenvalue weighted by Gasteiger charge is 2.40. The smallest absolute Gasteiger partial charge is 0.276 e. The third-order valence-corrected chi connectivity index (χ3v) is 6.85. The number of likely N-dealkylation sites (tertiary alicyclic amines) is 1. The molecule has 7 nitrogen and oxygen atoms in total. The summed E-state index contributed by atoms with van der Waals surface area (Å²) in [6.45, 7) is 6.16.